The number of nitrogens with zero attached hydrogens (tertiary/aromatic N) is 1. The number of benzene rings is 1. The molecule has 4 heteroatoms. The van der Waals surface area contributed by atoms with E-state index in [-0.39, 0.29) is 23.9 Å². The van der Waals surface area contributed by atoms with Gasteiger partial charge in [0, 0.05) is 19.0 Å². The van der Waals surface area contributed by atoms with Crippen LogP contribution in [0.25, 0.3) is 0 Å². The molecule has 1 aliphatic rings. The molecule has 0 bridgehead atoms. The van der Waals surface area contributed by atoms with E-state index in [1.807, 2.05) is 32.0 Å². The number of hydrogen-bond acceptors (Lipinski definition) is 3. The number of rotatable bonds is 2. The SMILES string of the molecule is Cc1cccc(C)c1C(=O)N(C)C1CCC(=O)CC1=O. The molecule has 1 aromatic carbocycles. The zero-order valence-electron chi connectivity index (χ0n) is 12.1. The van der Waals surface area contributed by atoms with Crippen LogP contribution in [0.15, 0.2) is 18.2 Å². The molecule has 1 saturated carbocycles. The topological polar surface area (TPSA) is 54.5 Å². The van der Waals surface area contributed by atoms with E-state index in [9.17, 15) is 14.4 Å². The minimum atomic E-state index is -0.473. The van der Waals surface area contributed by atoms with Crippen molar-refractivity contribution in [1.82, 2.24) is 4.90 Å². The van der Waals surface area contributed by atoms with Gasteiger partial charge in [0.25, 0.3) is 5.91 Å². The molecule has 1 unspecified atom stereocenters. The van der Waals surface area contributed by atoms with E-state index in [0.29, 0.717) is 18.4 Å². The molecule has 0 spiro atoms. The maximum absolute atomic E-state index is 12.6. The second-order valence-corrected chi connectivity index (χ2v) is 5.42. The van der Waals surface area contributed by atoms with E-state index >= 15 is 0 Å². The predicted molar refractivity (Wildman–Crippen MR) is 75.7 cm³/mol. The fraction of sp³-hybridized carbons (Fsp3) is 0.438. The first kappa shape index (κ1) is 14.4. The molecule has 0 radical (unpaired) electrons. The van der Waals surface area contributed by atoms with Gasteiger partial charge in [-0.05, 0) is 31.4 Å². The van der Waals surface area contributed by atoms with E-state index < -0.39 is 6.04 Å². The van der Waals surface area contributed by atoms with Gasteiger partial charge in [-0.25, -0.2) is 0 Å². The summed E-state index contributed by atoms with van der Waals surface area (Å²) in [4.78, 5) is 37.3. The van der Waals surface area contributed by atoms with Gasteiger partial charge in [0.2, 0.25) is 0 Å². The zero-order valence-corrected chi connectivity index (χ0v) is 12.1. The Bertz CT molecular complexity index is 557. The minimum Gasteiger partial charge on any atom is -0.332 e. The normalized spacial score (nSPS) is 19.1. The lowest BCUT2D eigenvalue weighted by atomic mass is 9.91. The Morgan fingerprint density at radius 3 is 2.35 bits per heavy atom. The Morgan fingerprint density at radius 1 is 1.20 bits per heavy atom. The summed E-state index contributed by atoms with van der Waals surface area (Å²) in [5.41, 5.74) is 2.46. The van der Waals surface area contributed by atoms with E-state index in [0.717, 1.165) is 11.1 Å². The molecular weight excluding hydrogens is 254 g/mol. The Hall–Kier alpha value is -1.97. The molecule has 1 atom stereocenters. The summed E-state index contributed by atoms with van der Waals surface area (Å²) < 4.78 is 0. The highest BCUT2D eigenvalue weighted by molar-refractivity contribution is 6.06. The first-order valence-corrected chi connectivity index (χ1v) is 6.79. The first-order chi connectivity index (χ1) is 9.41. The van der Waals surface area contributed by atoms with Crippen LogP contribution in [0.4, 0.5) is 0 Å². The zero-order chi connectivity index (χ0) is 14.9. The molecular formula is C16H19NO3. The van der Waals surface area contributed by atoms with E-state index in [1.165, 1.54) is 4.90 Å². The standard InChI is InChI=1S/C16H19NO3/c1-10-5-4-6-11(2)15(10)16(20)17(3)13-8-7-12(18)9-14(13)19/h4-6,13H,7-9H2,1-3H3. The van der Waals surface area contributed by atoms with Crippen molar-refractivity contribution in [2.45, 2.75) is 39.2 Å². The fourth-order valence-corrected chi connectivity index (χ4v) is 2.74. The molecule has 106 valence electrons. The van der Waals surface area contributed by atoms with Crippen molar-refractivity contribution >= 4 is 17.5 Å². The van der Waals surface area contributed by atoms with Gasteiger partial charge in [0.05, 0.1) is 12.5 Å². The highest BCUT2D eigenvalue weighted by Gasteiger charge is 2.33. The van der Waals surface area contributed by atoms with Crippen LogP contribution in [0.1, 0.15) is 40.7 Å². The van der Waals surface area contributed by atoms with Crippen molar-refractivity contribution in [2.24, 2.45) is 0 Å². The first-order valence-electron chi connectivity index (χ1n) is 6.79. The third-order valence-electron chi connectivity index (χ3n) is 3.92. The highest BCUT2D eigenvalue weighted by Crippen LogP contribution is 2.21. The second kappa shape index (κ2) is 5.57. The Labute approximate surface area is 118 Å². The lowest BCUT2D eigenvalue weighted by Crippen LogP contribution is -2.45. The van der Waals surface area contributed by atoms with Gasteiger partial charge in [-0.2, -0.15) is 0 Å². The van der Waals surface area contributed by atoms with E-state index in [1.54, 1.807) is 7.05 Å². The Balaban J connectivity index is 2.25. The van der Waals surface area contributed by atoms with Crippen LogP contribution in [0.2, 0.25) is 0 Å². The Morgan fingerprint density at radius 2 is 1.80 bits per heavy atom. The lowest BCUT2D eigenvalue weighted by Gasteiger charge is -2.30. The molecule has 20 heavy (non-hydrogen) atoms. The molecule has 2 rings (SSSR count). The summed E-state index contributed by atoms with van der Waals surface area (Å²) >= 11 is 0. The molecule has 1 amide bonds. The molecule has 4 nitrogen and oxygen atoms in total. The van der Waals surface area contributed by atoms with Crippen LogP contribution >= 0.6 is 0 Å². The second-order valence-electron chi connectivity index (χ2n) is 5.42. The molecule has 1 aromatic rings. The smallest absolute Gasteiger partial charge is 0.254 e. The number of aryl methyl sites for hydroxylation is 2. The van der Waals surface area contributed by atoms with Crippen molar-refractivity contribution in [3.63, 3.8) is 0 Å². The molecule has 1 fully saturated rings. The highest BCUT2D eigenvalue weighted by atomic mass is 16.2. The van der Waals surface area contributed by atoms with Crippen LogP contribution in [0, 0.1) is 13.8 Å². The average Bonchev–Trinajstić information content (AvgIpc) is 2.37. The van der Waals surface area contributed by atoms with Crippen molar-refractivity contribution in [3.8, 4) is 0 Å². The lowest BCUT2D eigenvalue weighted by molar-refractivity contribution is -0.132. The summed E-state index contributed by atoms with van der Waals surface area (Å²) in [6.07, 6.45) is 0.765. The van der Waals surface area contributed by atoms with Crippen LogP contribution in [0.3, 0.4) is 0 Å². The van der Waals surface area contributed by atoms with Crippen molar-refractivity contribution in [1.29, 1.82) is 0 Å². The number of Topliss-reactive ketones (excluding diaryl/α,β-unsaturated/α-hetero) is 2. The van der Waals surface area contributed by atoms with Gasteiger partial charge in [-0.1, -0.05) is 18.2 Å². The van der Waals surface area contributed by atoms with Crippen molar-refractivity contribution in [3.05, 3.63) is 34.9 Å². The molecule has 1 aliphatic carbocycles. The molecule has 0 heterocycles. The van der Waals surface area contributed by atoms with Gasteiger partial charge in [0.1, 0.15) is 5.78 Å². The quantitative estimate of drug-likeness (QED) is 0.775. The number of hydrogen-bond donors (Lipinski definition) is 0. The molecule has 0 aliphatic heterocycles. The Kier molecular flexibility index (Phi) is 4.02. The number of carbonyl (C=O) groups is 3. The summed E-state index contributed by atoms with van der Waals surface area (Å²) in [6, 6.07) is 5.21. The van der Waals surface area contributed by atoms with E-state index in [2.05, 4.69) is 0 Å². The summed E-state index contributed by atoms with van der Waals surface area (Å²) in [5, 5.41) is 0. The number of likely N-dealkylation sites (N-methyl/N-ethyl adjacent to an activating group) is 1. The predicted octanol–water partition coefficient (Wildman–Crippen LogP) is 2.07. The van der Waals surface area contributed by atoms with Crippen LogP contribution in [-0.2, 0) is 9.59 Å². The minimum absolute atomic E-state index is 0.0285. The van der Waals surface area contributed by atoms with Gasteiger partial charge in [-0.3, -0.25) is 14.4 Å². The molecule has 0 saturated heterocycles. The van der Waals surface area contributed by atoms with Crippen LogP contribution < -0.4 is 0 Å². The fourth-order valence-electron chi connectivity index (χ4n) is 2.74. The van der Waals surface area contributed by atoms with Crippen molar-refractivity contribution < 1.29 is 14.4 Å². The monoisotopic (exact) mass is 273 g/mol. The average molecular weight is 273 g/mol. The largest absolute Gasteiger partial charge is 0.332 e. The van der Waals surface area contributed by atoms with E-state index in [4.69, 9.17) is 0 Å². The number of ketones is 2. The molecule has 0 aromatic heterocycles. The van der Waals surface area contributed by atoms with Gasteiger partial charge in [-0.15, -0.1) is 0 Å². The third-order valence-corrected chi connectivity index (χ3v) is 3.92. The number of carbonyl (C=O) groups excluding carboxylic acids is 3. The summed E-state index contributed by atoms with van der Waals surface area (Å²) in [6.45, 7) is 3.78. The maximum atomic E-state index is 12.6. The van der Waals surface area contributed by atoms with Crippen LogP contribution in [-0.4, -0.2) is 35.5 Å². The van der Waals surface area contributed by atoms with Gasteiger partial charge in [0.15, 0.2) is 5.78 Å². The third kappa shape index (κ3) is 2.64. The van der Waals surface area contributed by atoms with Gasteiger partial charge >= 0.3 is 0 Å². The van der Waals surface area contributed by atoms with Crippen LogP contribution in [0.5, 0.6) is 0 Å². The summed E-state index contributed by atoms with van der Waals surface area (Å²) in [7, 11) is 1.65. The molecule has 0 N–H and O–H groups in total. The summed E-state index contributed by atoms with van der Waals surface area (Å²) in [5.74, 6) is -0.323. The van der Waals surface area contributed by atoms with Crippen molar-refractivity contribution in [2.75, 3.05) is 7.05 Å². The maximum Gasteiger partial charge on any atom is 0.254 e. The number of amides is 1. The van der Waals surface area contributed by atoms with Gasteiger partial charge < -0.3 is 4.90 Å².